The maximum Gasteiger partial charge on any atom is 0.340 e. The van der Waals surface area contributed by atoms with Crippen molar-refractivity contribution in [2.45, 2.75) is 25.0 Å². The molecule has 6 heteroatoms. The number of benzene rings is 2. The van der Waals surface area contributed by atoms with Crippen LogP contribution in [0.5, 0.6) is 0 Å². The third-order valence-corrected chi connectivity index (χ3v) is 4.20. The first-order valence-electron chi connectivity index (χ1n) is 7.56. The molecule has 0 radical (unpaired) electrons. The summed E-state index contributed by atoms with van der Waals surface area (Å²) in [6.07, 6.45) is 0.858. The van der Waals surface area contributed by atoms with Gasteiger partial charge in [-0.1, -0.05) is 53.5 Å². The minimum absolute atomic E-state index is 0.129. The standard InChI is InChI=1S/C18H15Cl2NO3/c19-12-6-9-15(20)14(10-12)18(23)24-16(11-4-2-1-3-5-11)17(22)21-13-7-8-13/h1-6,9-10,13,16H,7-8H2,(H,21,22). The molecule has 1 saturated carbocycles. The Bertz CT molecular complexity index is 760. The van der Waals surface area contributed by atoms with Crippen LogP contribution in [0.1, 0.15) is 34.9 Å². The average Bonchev–Trinajstić information content (AvgIpc) is 3.39. The van der Waals surface area contributed by atoms with Crippen LogP contribution in [0.4, 0.5) is 0 Å². The minimum Gasteiger partial charge on any atom is -0.444 e. The first-order valence-corrected chi connectivity index (χ1v) is 8.31. The van der Waals surface area contributed by atoms with E-state index in [9.17, 15) is 9.59 Å². The number of nitrogens with one attached hydrogen (secondary N) is 1. The molecule has 2 aromatic carbocycles. The Kier molecular flexibility index (Phi) is 5.07. The Morgan fingerprint density at radius 2 is 1.79 bits per heavy atom. The number of ether oxygens (including phenoxy) is 1. The van der Waals surface area contributed by atoms with Gasteiger partial charge < -0.3 is 10.1 Å². The molecule has 0 bridgehead atoms. The molecule has 1 aliphatic rings. The van der Waals surface area contributed by atoms with Gasteiger partial charge in [-0.25, -0.2) is 4.79 Å². The van der Waals surface area contributed by atoms with E-state index in [2.05, 4.69) is 5.32 Å². The second-order valence-corrected chi connectivity index (χ2v) is 6.45. The van der Waals surface area contributed by atoms with Crippen molar-refractivity contribution >= 4 is 35.1 Å². The van der Waals surface area contributed by atoms with Gasteiger partial charge in [0.2, 0.25) is 6.10 Å². The van der Waals surface area contributed by atoms with E-state index in [0.29, 0.717) is 10.6 Å². The van der Waals surface area contributed by atoms with E-state index < -0.39 is 12.1 Å². The molecule has 24 heavy (non-hydrogen) atoms. The van der Waals surface area contributed by atoms with Crippen LogP contribution < -0.4 is 5.32 Å². The summed E-state index contributed by atoms with van der Waals surface area (Å²) in [6.45, 7) is 0. The largest absolute Gasteiger partial charge is 0.444 e. The molecule has 0 saturated heterocycles. The number of hydrogen-bond acceptors (Lipinski definition) is 3. The quantitative estimate of drug-likeness (QED) is 0.811. The van der Waals surface area contributed by atoms with Gasteiger partial charge in [-0.05, 0) is 31.0 Å². The van der Waals surface area contributed by atoms with Crippen molar-refractivity contribution < 1.29 is 14.3 Å². The Labute approximate surface area is 149 Å². The summed E-state index contributed by atoms with van der Waals surface area (Å²) >= 11 is 11.9. The molecule has 4 nitrogen and oxygen atoms in total. The third-order valence-electron chi connectivity index (χ3n) is 3.64. The van der Waals surface area contributed by atoms with Crippen molar-refractivity contribution in [3.63, 3.8) is 0 Å². The Morgan fingerprint density at radius 3 is 2.46 bits per heavy atom. The van der Waals surface area contributed by atoms with Crippen molar-refractivity contribution in [1.82, 2.24) is 5.32 Å². The number of carbonyl (C=O) groups is 2. The van der Waals surface area contributed by atoms with Gasteiger partial charge in [0.25, 0.3) is 5.91 Å². The molecule has 1 fully saturated rings. The highest BCUT2D eigenvalue weighted by Gasteiger charge is 2.31. The van der Waals surface area contributed by atoms with Crippen molar-refractivity contribution in [2.24, 2.45) is 0 Å². The highest BCUT2D eigenvalue weighted by atomic mass is 35.5. The predicted molar refractivity (Wildman–Crippen MR) is 92.2 cm³/mol. The van der Waals surface area contributed by atoms with Gasteiger partial charge >= 0.3 is 5.97 Å². The molecule has 124 valence electrons. The van der Waals surface area contributed by atoms with Crippen LogP contribution in [0.3, 0.4) is 0 Å². The lowest BCUT2D eigenvalue weighted by Gasteiger charge is -2.18. The normalized spacial score (nSPS) is 14.8. The topological polar surface area (TPSA) is 55.4 Å². The summed E-state index contributed by atoms with van der Waals surface area (Å²) < 4.78 is 5.45. The number of amides is 1. The molecule has 1 unspecified atom stereocenters. The van der Waals surface area contributed by atoms with Gasteiger partial charge in [0.1, 0.15) is 0 Å². The highest BCUT2D eigenvalue weighted by molar-refractivity contribution is 6.35. The molecule has 1 aliphatic carbocycles. The van der Waals surface area contributed by atoms with Crippen LogP contribution >= 0.6 is 23.2 Å². The Morgan fingerprint density at radius 1 is 1.08 bits per heavy atom. The Hall–Kier alpha value is -2.04. The molecule has 0 spiro atoms. The van der Waals surface area contributed by atoms with Crippen LogP contribution in [0, 0.1) is 0 Å². The van der Waals surface area contributed by atoms with Crippen LogP contribution in [0.25, 0.3) is 0 Å². The number of halogens is 2. The minimum atomic E-state index is -1.03. The Balaban J connectivity index is 1.84. The van der Waals surface area contributed by atoms with Gasteiger partial charge in [-0.2, -0.15) is 0 Å². The third kappa shape index (κ3) is 4.08. The average molecular weight is 364 g/mol. The lowest BCUT2D eigenvalue weighted by molar-refractivity contribution is -0.130. The van der Waals surface area contributed by atoms with Crippen LogP contribution in [-0.4, -0.2) is 17.9 Å². The maximum atomic E-state index is 12.5. The maximum absolute atomic E-state index is 12.5. The zero-order valence-electron chi connectivity index (χ0n) is 12.7. The molecule has 2 aromatic rings. The van der Waals surface area contributed by atoms with Crippen molar-refractivity contribution in [2.75, 3.05) is 0 Å². The van der Waals surface area contributed by atoms with Gasteiger partial charge in [0.05, 0.1) is 10.6 Å². The summed E-state index contributed by atoms with van der Waals surface area (Å²) in [4.78, 5) is 24.9. The number of hydrogen-bond donors (Lipinski definition) is 1. The molecular formula is C18H15Cl2NO3. The van der Waals surface area contributed by atoms with E-state index >= 15 is 0 Å². The molecule has 0 heterocycles. The van der Waals surface area contributed by atoms with E-state index in [1.807, 2.05) is 6.07 Å². The van der Waals surface area contributed by atoms with Crippen LogP contribution in [0.2, 0.25) is 10.0 Å². The van der Waals surface area contributed by atoms with Gasteiger partial charge in [0.15, 0.2) is 0 Å². The molecule has 1 amide bonds. The zero-order chi connectivity index (χ0) is 17.1. The first-order chi connectivity index (χ1) is 11.5. The van der Waals surface area contributed by atoms with Crippen molar-refractivity contribution in [3.8, 4) is 0 Å². The molecule has 3 rings (SSSR count). The van der Waals surface area contributed by atoms with E-state index in [1.165, 1.54) is 12.1 Å². The molecule has 1 N–H and O–H groups in total. The summed E-state index contributed by atoms with van der Waals surface area (Å²) in [5.41, 5.74) is 0.728. The second kappa shape index (κ2) is 7.24. The monoisotopic (exact) mass is 363 g/mol. The van der Waals surface area contributed by atoms with Gasteiger partial charge in [-0.3, -0.25) is 4.79 Å². The van der Waals surface area contributed by atoms with E-state index in [0.717, 1.165) is 12.8 Å². The lowest BCUT2D eigenvalue weighted by atomic mass is 10.1. The number of rotatable bonds is 5. The molecular weight excluding hydrogens is 349 g/mol. The van der Waals surface area contributed by atoms with E-state index in [1.54, 1.807) is 30.3 Å². The van der Waals surface area contributed by atoms with E-state index in [-0.39, 0.29) is 22.5 Å². The van der Waals surface area contributed by atoms with Gasteiger partial charge in [-0.15, -0.1) is 0 Å². The highest BCUT2D eigenvalue weighted by Crippen LogP contribution is 2.26. The summed E-state index contributed by atoms with van der Waals surface area (Å²) in [5.74, 6) is -1.03. The summed E-state index contributed by atoms with van der Waals surface area (Å²) in [7, 11) is 0. The van der Waals surface area contributed by atoms with Crippen molar-refractivity contribution in [3.05, 3.63) is 69.7 Å². The van der Waals surface area contributed by atoms with Gasteiger partial charge in [0, 0.05) is 16.6 Å². The molecule has 0 aliphatic heterocycles. The molecule has 1 atom stereocenters. The molecule has 0 aromatic heterocycles. The SMILES string of the molecule is O=C(OC(C(=O)NC1CC1)c1ccccc1)c1cc(Cl)ccc1Cl. The number of esters is 1. The fraction of sp³-hybridized carbons (Fsp3) is 0.222. The fourth-order valence-corrected chi connectivity index (χ4v) is 2.60. The lowest BCUT2D eigenvalue weighted by Crippen LogP contribution is -2.33. The second-order valence-electron chi connectivity index (χ2n) is 5.60. The van der Waals surface area contributed by atoms with Crippen LogP contribution in [0.15, 0.2) is 48.5 Å². The van der Waals surface area contributed by atoms with E-state index in [4.69, 9.17) is 27.9 Å². The first kappa shape index (κ1) is 16.8. The van der Waals surface area contributed by atoms with Crippen molar-refractivity contribution in [1.29, 1.82) is 0 Å². The summed E-state index contributed by atoms with van der Waals surface area (Å²) in [5, 5.41) is 3.45. The predicted octanol–water partition coefficient (Wildman–Crippen LogP) is 4.17. The van der Waals surface area contributed by atoms with Crippen LogP contribution in [-0.2, 0) is 9.53 Å². The fourth-order valence-electron chi connectivity index (χ4n) is 2.23. The summed E-state index contributed by atoms with van der Waals surface area (Å²) in [6, 6.07) is 13.6. The smallest absolute Gasteiger partial charge is 0.340 e. The zero-order valence-corrected chi connectivity index (χ0v) is 14.2. The number of carbonyl (C=O) groups excluding carboxylic acids is 2.